The third-order valence-electron chi connectivity index (χ3n) is 8.84. The Morgan fingerprint density at radius 1 is 0.738 bits per heavy atom. The summed E-state index contributed by atoms with van der Waals surface area (Å²) >= 11 is 0. The summed E-state index contributed by atoms with van der Waals surface area (Å²) in [5, 5.41) is 23.2. The van der Waals surface area contributed by atoms with Crippen molar-refractivity contribution in [3.8, 4) is 11.1 Å². The van der Waals surface area contributed by atoms with Gasteiger partial charge in [-0.1, -0.05) is 158 Å². The average Bonchev–Trinajstić information content (AvgIpc) is 3.31. The molecule has 5 N–H and O–H groups in total. The van der Waals surface area contributed by atoms with E-state index in [-0.39, 0.29) is 12.5 Å². The number of amides is 1. The van der Waals surface area contributed by atoms with Gasteiger partial charge in [0.2, 0.25) is 0 Å². The van der Waals surface area contributed by atoms with Gasteiger partial charge in [0.1, 0.15) is 19.1 Å². The Kier molecular flexibility index (Phi) is 16.0. The van der Waals surface area contributed by atoms with Gasteiger partial charge in [-0.05, 0) is 28.7 Å². The van der Waals surface area contributed by atoms with E-state index in [0.29, 0.717) is 6.42 Å². The van der Waals surface area contributed by atoms with Crippen LogP contribution < -0.4 is 11.1 Å². The molecule has 6 heteroatoms. The van der Waals surface area contributed by atoms with Crippen LogP contribution in [0, 0.1) is 5.92 Å². The highest BCUT2D eigenvalue weighted by Crippen LogP contribution is 2.44. The van der Waals surface area contributed by atoms with E-state index in [1.165, 1.54) is 83.5 Å². The molecule has 0 saturated carbocycles. The van der Waals surface area contributed by atoms with E-state index in [1.807, 2.05) is 24.3 Å². The molecule has 234 valence electrons. The van der Waals surface area contributed by atoms with Crippen LogP contribution >= 0.6 is 0 Å². The number of hydrogen-bond acceptors (Lipinski definition) is 5. The fourth-order valence-electron chi connectivity index (χ4n) is 6.31. The molecule has 3 rings (SSSR count). The molecule has 0 fully saturated rings. The monoisotopic (exact) mass is 580 g/mol. The Bertz CT molecular complexity index is 981. The normalized spacial score (nSPS) is 14.7. The van der Waals surface area contributed by atoms with Crippen molar-refractivity contribution in [1.29, 1.82) is 0 Å². The number of ether oxygens (including phenoxy) is 1. The molecule has 2 aromatic rings. The van der Waals surface area contributed by atoms with Gasteiger partial charge >= 0.3 is 6.09 Å². The summed E-state index contributed by atoms with van der Waals surface area (Å²) < 4.78 is 5.54. The predicted octanol–water partition coefficient (Wildman–Crippen LogP) is 8.39. The van der Waals surface area contributed by atoms with Crippen molar-refractivity contribution in [3.05, 3.63) is 59.7 Å². The van der Waals surface area contributed by atoms with Gasteiger partial charge < -0.3 is 20.7 Å². The van der Waals surface area contributed by atoms with E-state index in [9.17, 15) is 15.0 Å². The molecule has 42 heavy (non-hydrogen) atoms. The minimum atomic E-state index is -1.27. The minimum absolute atomic E-state index is 0.0544. The van der Waals surface area contributed by atoms with Crippen molar-refractivity contribution in [2.45, 2.75) is 134 Å². The number of carbonyl (C=O) groups excluding carboxylic acids is 1. The molecular weight excluding hydrogens is 524 g/mol. The zero-order chi connectivity index (χ0) is 30.0. The topological polar surface area (TPSA) is 105 Å². The SMILES string of the molecule is CCCCCCCCCCCCCCCCCCC(C(N)O)C(O)NC(=O)OCC1c2ccccc2-c2ccccc21. The standard InChI is InChI=1S/C36H56N2O4/c1-2-3-4-5-6-7-8-9-10-11-12-13-14-15-16-17-26-32(34(37)39)35(40)38-36(41)42-27-33-30-24-20-18-22-28(30)29-23-19-21-25-31(29)33/h18-25,32-35,39-40H,2-17,26-27,37H2,1H3,(H,38,41). The summed E-state index contributed by atoms with van der Waals surface area (Å²) in [4.78, 5) is 12.6. The Balaban J connectivity index is 1.25. The van der Waals surface area contributed by atoms with Crippen molar-refractivity contribution in [3.63, 3.8) is 0 Å². The number of aliphatic hydroxyl groups is 2. The molecule has 0 bridgehead atoms. The molecule has 0 heterocycles. The Labute approximate surface area is 254 Å². The van der Waals surface area contributed by atoms with Crippen LogP contribution in [-0.4, -0.2) is 35.4 Å². The smallest absolute Gasteiger partial charge is 0.409 e. The van der Waals surface area contributed by atoms with Gasteiger partial charge in [-0.15, -0.1) is 0 Å². The van der Waals surface area contributed by atoms with Gasteiger partial charge in [-0.3, -0.25) is 5.32 Å². The van der Waals surface area contributed by atoms with Crippen LogP contribution in [0.2, 0.25) is 0 Å². The van der Waals surface area contributed by atoms with Gasteiger partial charge in [0, 0.05) is 11.8 Å². The maximum atomic E-state index is 12.6. The first-order chi connectivity index (χ1) is 20.5. The van der Waals surface area contributed by atoms with Crippen LogP contribution in [0.5, 0.6) is 0 Å². The van der Waals surface area contributed by atoms with Crippen LogP contribution in [0.4, 0.5) is 4.79 Å². The summed E-state index contributed by atoms with van der Waals surface area (Å²) in [6.45, 7) is 2.44. The van der Waals surface area contributed by atoms with Crippen LogP contribution in [-0.2, 0) is 4.74 Å². The molecule has 3 unspecified atom stereocenters. The number of aliphatic hydroxyl groups excluding tert-OH is 2. The van der Waals surface area contributed by atoms with Crippen LogP contribution in [0.1, 0.15) is 133 Å². The van der Waals surface area contributed by atoms with Crippen molar-refractivity contribution < 1.29 is 19.7 Å². The second-order valence-electron chi connectivity index (χ2n) is 12.2. The van der Waals surface area contributed by atoms with Gasteiger partial charge in [0.15, 0.2) is 0 Å². The van der Waals surface area contributed by atoms with Gasteiger partial charge in [-0.2, -0.15) is 0 Å². The van der Waals surface area contributed by atoms with E-state index in [4.69, 9.17) is 10.5 Å². The number of alkyl carbamates (subject to hydrolysis) is 1. The second kappa shape index (κ2) is 19.7. The highest BCUT2D eigenvalue weighted by molar-refractivity contribution is 5.79. The molecule has 6 nitrogen and oxygen atoms in total. The summed E-state index contributed by atoms with van der Waals surface area (Å²) in [6.07, 6.45) is 18.0. The quantitative estimate of drug-likeness (QED) is 0.0827. The van der Waals surface area contributed by atoms with Crippen LogP contribution in [0.15, 0.2) is 48.5 Å². The molecule has 1 aliphatic carbocycles. The number of fused-ring (bicyclic) bond motifs is 3. The average molecular weight is 581 g/mol. The molecule has 0 radical (unpaired) electrons. The highest BCUT2D eigenvalue weighted by Gasteiger charge is 2.30. The third kappa shape index (κ3) is 11.3. The van der Waals surface area contributed by atoms with E-state index >= 15 is 0 Å². The van der Waals surface area contributed by atoms with Crippen molar-refractivity contribution in [2.75, 3.05) is 6.61 Å². The summed E-state index contributed by atoms with van der Waals surface area (Å²) in [5.41, 5.74) is 10.3. The third-order valence-corrected chi connectivity index (χ3v) is 8.84. The molecule has 2 aromatic carbocycles. The lowest BCUT2D eigenvalue weighted by molar-refractivity contribution is -0.00780. The number of nitrogens with one attached hydrogen (secondary N) is 1. The molecular formula is C36H56N2O4. The lowest BCUT2D eigenvalue weighted by Gasteiger charge is -2.26. The number of nitrogens with two attached hydrogens (primary N) is 1. The van der Waals surface area contributed by atoms with E-state index < -0.39 is 24.5 Å². The Morgan fingerprint density at radius 2 is 1.17 bits per heavy atom. The van der Waals surface area contributed by atoms with Crippen LogP contribution in [0.3, 0.4) is 0 Å². The molecule has 0 spiro atoms. The van der Waals surface area contributed by atoms with Gasteiger partial charge in [-0.25, -0.2) is 4.79 Å². The van der Waals surface area contributed by atoms with E-state index in [1.54, 1.807) is 0 Å². The number of unbranched alkanes of at least 4 members (excludes halogenated alkanes) is 15. The number of benzene rings is 2. The summed E-state index contributed by atoms with van der Waals surface area (Å²) in [6, 6.07) is 16.3. The number of rotatable bonds is 22. The number of carbonyl (C=O) groups is 1. The minimum Gasteiger partial charge on any atom is -0.448 e. The molecule has 1 amide bonds. The Morgan fingerprint density at radius 3 is 1.62 bits per heavy atom. The maximum Gasteiger partial charge on any atom is 0.409 e. The van der Waals surface area contributed by atoms with Crippen molar-refractivity contribution >= 4 is 6.09 Å². The van der Waals surface area contributed by atoms with E-state index in [0.717, 1.165) is 41.5 Å². The van der Waals surface area contributed by atoms with Crippen molar-refractivity contribution in [2.24, 2.45) is 11.7 Å². The summed E-state index contributed by atoms with van der Waals surface area (Å²) in [7, 11) is 0. The lowest BCUT2D eigenvalue weighted by Crippen LogP contribution is -2.47. The van der Waals surface area contributed by atoms with Crippen molar-refractivity contribution in [1.82, 2.24) is 5.32 Å². The molecule has 3 atom stereocenters. The first kappa shape index (κ1) is 34.1. The zero-order valence-electron chi connectivity index (χ0n) is 25.9. The van der Waals surface area contributed by atoms with Gasteiger partial charge in [0.05, 0.1) is 0 Å². The maximum absolute atomic E-state index is 12.6. The highest BCUT2D eigenvalue weighted by atomic mass is 16.6. The fourth-order valence-corrected chi connectivity index (χ4v) is 6.31. The summed E-state index contributed by atoms with van der Waals surface area (Å²) in [5.74, 6) is -0.696. The van der Waals surface area contributed by atoms with E-state index in [2.05, 4.69) is 36.5 Å². The predicted molar refractivity (Wildman–Crippen MR) is 172 cm³/mol. The molecule has 0 aliphatic heterocycles. The Hall–Kier alpha value is -2.41. The first-order valence-electron chi connectivity index (χ1n) is 16.8. The van der Waals surface area contributed by atoms with Gasteiger partial charge in [0.25, 0.3) is 0 Å². The first-order valence-corrected chi connectivity index (χ1v) is 16.8. The molecule has 1 aliphatic rings. The number of hydrogen-bond donors (Lipinski definition) is 4. The fraction of sp³-hybridized carbons (Fsp3) is 0.639. The zero-order valence-corrected chi connectivity index (χ0v) is 25.9. The lowest BCUT2D eigenvalue weighted by atomic mass is 9.97. The second-order valence-corrected chi connectivity index (χ2v) is 12.2. The molecule has 0 saturated heterocycles. The van der Waals surface area contributed by atoms with Crippen LogP contribution in [0.25, 0.3) is 11.1 Å². The molecule has 0 aromatic heterocycles. The largest absolute Gasteiger partial charge is 0.448 e.